The minimum atomic E-state index is -0.297. The van der Waals surface area contributed by atoms with E-state index >= 15 is 0 Å². The maximum absolute atomic E-state index is 12.4. The molecule has 2 unspecified atom stereocenters. The van der Waals surface area contributed by atoms with E-state index in [4.69, 9.17) is 4.74 Å². The van der Waals surface area contributed by atoms with E-state index in [1.54, 1.807) is 18.0 Å². The Balaban J connectivity index is 1.36. The Kier molecular flexibility index (Phi) is 6.26. The summed E-state index contributed by atoms with van der Waals surface area (Å²) in [5.41, 5.74) is 0.792. The number of carbonyl (C=O) groups is 3. The van der Waals surface area contributed by atoms with Crippen molar-refractivity contribution in [3.8, 4) is 0 Å². The van der Waals surface area contributed by atoms with Crippen molar-refractivity contribution in [3.63, 3.8) is 0 Å². The molecule has 2 atom stereocenters. The van der Waals surface area contributed by atoms with Crippen molar-refractivity contribution in [2.24, 2.45) is 11.8 Å². The predicted octanol–water partition coefficient (Wildman–Crippen LogP) is 1.07. The second-order valence-electron chi connectivity index (χ2n) is 6.96. The van der Waals surface area contributed by atoms with Gasteiger partial charge in [-0.25, -0.2) is 4.79 Å². The molecule has 1 saturated heterocycles. The van der Waals surface area contributed by atoms with Crippen molar-refractivity contribution in [3.05, 3.63) is 30.1 Å². The summed E-state index contributed by atoms with van der Waals surface area (Å²) in [5, 5.41) is 5.86. The number of carbonyl (C=O) groups excluding carboxylic acids is 3. The predicted molar refractivity (Wildman–Crippen MR) is 97.4 cm³/mol. The van der Waals surface area contributed by atoms with E-state index in [2.05, 4.69) is 15.6 Å². The Hall–Kier alpha value is -2.64. The van der Waals surface area contributed by atoms with Gasteiger partial charge in [0, 0.05) is 25.3 Å². The van der Waals surface area contributed by atoms with Crippen LogP contribution in [-0.2, 0) is 20.9 Å². The first kappa shape index (κ1) is 19.1. The van der Waals surface area contributed by atoms with E-state index in [9.17, 15) is 14.4 Å². The molecule has 3 amide bonds. The highest BCUT2D eigenvalue weighted by molar-refractivity contribution is 5.92. The third-order valence-electron chi connectivity index (χ3n) is 5.00. The summed E-state index contributed by atoms with van der Waals surface area (Å²) in [4.78, 5) is 42.1. The molecule has 8 nitrogen and oxygen atoms in total. The van der Waals surface area contributed by atoms with E-state index in [-0.39, 0.29) is 35.8 Å². The Bertz CT molecular complexity index is 674. The largest absolute Gasteiger partial charge is 0.450 e. The summed E-state index contributed by atoms with van der Waals surface area (Å²) in [6.45, 7) is 3.66. The smallest absolute Gasteiger partial charge is 0.409 e. The fraction of sp³-hybridized carbons (Fsp3) is 0.579. The highest BCUT2D eigenvalue weighted by Crippen LogP contribution is 2.39. The van der Waals surface area contributed by atoms with Gasteiger partial charge in [0.15, 0.2) is 0 Å². The molecule has 0 radical (unpaired) electrons. The van der Waals surface area contributed by atoms with Crippen LogP contribution in [0, 0.1) is 11.8 Å². The van der Waals surface area contributed by atoms with Crippen LogP contribution in [0.25, 0.3) is 0 Å². The van der Waals surface area contributed by atoms with Crippen molar-refractivity contribution in [1.29, 1.82) is 0 Å². The Morgan fingerprint density at radius 1 is 1.19 bits per heavy atom. The van der Waals surface area contributed by atoms with Gasteiger partial charge in [-0.15, -0.1) is 0 Å². The first-order chi connectivity index (χ1) is 13.1. The lowest BCUT2D eigenvalue weighted by molar-refractivity contribution is -0.127. The molecule has 27 heavy (non-hydrogen) atoms. The number of pyridine rings is 1. The zero-order valence-corrected chi connectivity index (χ0v) is 15.5. The average molecular weight is 374 g/mol. The Morgan fingerprint density at radius 3 is 2.59 bits per heavy atom. The fourth-order valence-electron chi connectivity index (χ4n) is 3.32. The van der Waals surface area contributed by atoms with Gasteiger partial charge in [0.25, 0.3) is 0 Å². The van der Waals surface area contributed by atoms with Gasteiger partial charge in [-0.1, -0.05) is 6.07 Å². The average Bonchev–Trinajstić information content (AvgIpc) is 3.49. The first-order valence-corrected chi connectivity index (χ1v) is 9.48. The molecule has 2 fully saturated rings. The molecule has 2 heterocycles. The van der Waals surface area contributed by atoms with Crippen LogP contribution in [0.1, 0.15) is 31.9 Å². The van der Waals surface area contributed by atoms with Crippen LogP contribution >= 0.6 is 0 Å². The third kappa shape index (κ3) is 5.18. The molecular formula is C19H26N4O4. The number of likely N-dealkylation sites (tertiary alicyclic amines) is 1. The fourth-order valence-corrected chi connectivity index (χ4v) is 3.32. The highest BCUT2D eigenvalue weighted by atomic mass is 16.6. The third-order valence-corrected chi connectivity index (χ3v) is 5.00. The normalized spacial score (nSPS) is 22.0. The number of aromatic nitrogens is 1. The number of nitrogens with zero attached hydrogens (tertiary/aromatic N) is 2. The zero-order chi connectivity index (χ0) is 19.2. The van der Waals surface area contributed by atoms with Crippen LogP contribution in [0.3, 0.4) is 0 Å². The van der Waals surface area contributed by atoms with Crippen LogP contribution < -0.4 is 10.6 Å². The van der Waals surface area contributed by atoms with Gasteiger partial charge in [0.1, 0.15) is 0 Å². The summed E-state index contributed by atoms with van der Waals surface area (Å²) in [5.74, 6) is -0.675. The topological polar surface area (TPSA) is 101 Å². The molecule has 1 aromatic rings. The maximum atomic E-state index is 12.4. The molecule has 1 aliphatic heterocycles. The second-order valence-corrected chi connectivity index (χ2v) is 6.96. The van der Waals surface area contributed by atoms with Crippen molar-refractivity contribution in [2.45, 2.75) is 38.8 Å². The van der Waals surface area contributed by atoms with E-state index in [1.807, 2.05) is 18.2 Å². The lowest BCUT2D eigenvalue weighted by atomic mass is 10.1. The molecular weight excluding hydrogens is 348 g/mol. The number of nitrogens with one attached hydrogen (secondary N) is 2. The van der Waals surface area contributed by atoms with Gasteiger partial charge in [0.05, 0.1) is 30.7 Å². The zero-order valence-electron chi connectivity index (χ0n) is 15.5. The summed E-state index contributed by atoms with van der Waals surface area (Å²) in [7, 11) is 0. The van der Waals surface area contributed by atoms with E-state index in [0.717, 1.165) is 5.69 Å². The van der Waals surface area contributed by atoms with Crippen molar-refractivity contribution >= 4 is 17.9 Å². The molecule has 0 aromatic carbocycles. The van der Waals surface area contributed by atoms with Crippen LogP contribution in [0.2, 0.25) is 0 Å². The lowest BCUT2D eigenvalue weighted by Gasteiger charge is -2.31. The van der Waals surface area contributed by atoms with Gasteiger partial charge in [0.2, 0.25) is 11.8 Å². The summed E-state index contributed by atoms with van der Waals surface area (Å²) in [6.07, 6.45) is 3.37. The minimum absolute atomic E-state index is 0.0426. The molecule has 8 heteroatoms. The number of ether oxygens (including phenoxy) is 1. The van der Waals surface area contributed by atoms with E-state index in [0.29, 0.717) is 45.5 Å². The van der Waals surface area contributed by atoms with Crippen molar-refractivity contribution < 1.29 is 19.1 Å². The number of piperidine rings is 1. The SMILES string of the molecule is CCOC(=O)N1CCC(NC(=O)C2CC2C(=O)NCc2ccccn2)CC1. The molecule has 2 aliphatic rings. The standard InChI is InChI=1S/C19H26N4O4/c1-2-27-19(26)23-9-6-13(7-10-23)22-18(25)16-11-15(16)17(24)21-12-14-5-3-4-8-20-14/h3-5,8,13,15-16H,2,6-7,9-12H2,1H3,(H,21,24)(H,22,25). The lowest BCUT2D eigenvalue weighted by Crippen LogP contribution is -2.47. The quantitative estimate of drug-likeness (QED) is 0.776. The van der Waals surface area contributed by atoms with Gasteiger partial charge < -0.3 is 20.3 Å². The molecule has 0 bridgehead atoms. The molecule has 1 aromatic heterocycles. The number of hydrogen-bond acceptors (Lipinski definition) is 5. The van der Waals surface area contributed by atoms with E-state index < -0.39 is 0 Å². The van der Waals surface area contributed by atoms with Crippen molar-refractivity contribution in [1.82, 2.24) is 20.5 Å². The summed E-state index contributed by atoms with van der Waals surface area (Å²) < 4.78 is 4.99. The molecule has 3 rings (SSSR count). The van der Waals surface area contributed by atoms with Crippen LogP contribution in [0.5, 0.6) is 0 Å². The van der Waals surface area contributed by atoms with Gasteiger partial charge in [-0.05, 0) is 38.3 Å². The molecule has 146 valence electrons. The maximum Gasteiger partial charge on any atom is 0.409 e. The molecule has 2 N–H and O–H groups in total. The summed E-state index contributed by atoms with van der Waals surface area (Å²) in [6, 6.07) is 5.58. The van der Waals surface area contributed by atoms with Gasteiger partial charge in [-0.2, -0.15) is 0 Å². The van der Waals surface area contributed by atoms with Gasteiger partial charge in [-0.3, -0.25) is 14.6 Å². The number of rotatable bonds is 6. The Morgan fingerprint density at radius 2 is 1.93 bits per heavy atom. The molecule has 1 aliphatic carbocycles. The summed E-state index contributed by atoms with van der Waals surface area (Å²) >= 11 is 0. The van der Waals surface area contributed by atoms with Gasteiger partial charge >= 0.3 is 6.09 Å². The van der Waals surface area contributed by atoms with Crippen molar-refractivity contribution in [2.75, 3.05) is 19.7 Å². The number of amides is 3. The molecule has 0 spiro atoms. The van der Waals surface area contributed by atoms with Crippen LogP contribution in [-0.4, -0.2) is 53.5 Å². The monoisotopic (exact) mass is 374 g/mol. The highest BCUT2D eigenvalue weighted by Gasteiger charge is 2.48. The Labute approximate surface area is 158 Å². The molecule has 1 saturated carbocycles. The number of hydrogen-bond donors (Lipinski definition) is 2. The van der Waals surface area contributed by atoms with Crippen LogP contribution in [0.4, 0.5) is 4.79 Å². The van der Waals surface area contributed by atoms with Crippen LogP contribution in [0.15, 0.2) is 24.4 Å². The second kappa shape index (κ2) is 8.83. The van der Waals surface area contributed by atoms with E-state index in [1.165, 1.54) is 0 Å². The first-order valence-electron chi connectivity index (χ1n) is 9.48. The minimum Gasteiger partial charge on any atom is -0.450 e.